The molecule has 53 heavy (non-hydrogen) atoms. The van der Waals surface area contributed by atoms with Crippen LogP contribution >= 0.6 is 0 Å². The highest BCUT2D eigenvalue weighted by Gasteiger charge is 2.34. The molecular formula is C37H44N12O4. The molecule has 16 nitrogen and oxygen atoms in total. The van der Waals surface area contributed by atoms with Crippen LogP contribution in [0.3, 0.4) is 0 Å². The zero-order valence-corrected chi connectivity index (χ0v) is 30.0. The van der Waals surface area contributed by atoms with Crippen LogP contribution in [-0.4, -0.2) is 123 Å². The molecule has 4 fully saturated rings. The second-order valence-electron chi connectivity index (χ2n) is 14.5. The summed E-state index contributed by atoms with van der Waals surface area (Å²) in [7, 11) is 3.55. The summed E-state index contributed by atoms with van der Waals surface area (Å²) >= 11 is 0. The summed E-state index contributed by atoms with van der Waals surface area (Å²) in [5.41, 5.74) is 3.68. The molecule has 4 amide bonds. The normalized spacial score (nSPS) is 20.0. The topological polar surface area (TPSA) is 174 Å². The Labute approximate surface area is 307 Å². The number of nitrogens with one attached hydrogen (secondary N) is 3. The van der Waals surface area contributed by atoms with Crippen molar-refractivity contribution in [3.8, 4) is 0 Å². The zero-order valence-electron chi connectivity index (χ0n) is 30.0. The molecule has 3 saturated heterocycles. The fourth-order valence-electron chi connectivity index (χ4n) is 7.77. The smallest absolute Gasteiger partial charge is 0.270 e. The third-order valence-corrected chi connectivity index (χ3v) is 10.8. The monoisotopic (exact) mass is 720 g/mol. The number of rotatable bonds is 9. The van der Waals surface area contributed by atoms with Gasteiger partial charge in [-0.25, -0.2) is 15.0 Å². The summed E-state index contributed by atoms with van der Waals surface area (Å²) in [6.07, 6.45) is 10.2. The highest BCUT2D eigenvalue weighted by atomic mass is 16.2. The van der Waals surface area contributed by atoms with Crippen LogP contribution in [0.15, 0.2) is 48.9 Å². The fourth-order valence-corrected chi connectivity index (χ4v) is 7.77. The van der Waals surface area contributed by atoms with E-state index < -0.39 is 17.9 Å². The van der Waals surface area contributed by atoms with Gasteiger partial charge in [0.1, 0.15) is 28.9 Å². The Morgan fingerprint density at radius 2 is 1.58 bits per heavy atom. The molecule has 0 aromatic carbocycles. The minimum absolute atomic E-state index is 0.0313. The molecule has 7 heterocycles. The molecule has 16 heteroatoms. The van der Waals surface area contributed by atoms with E-state index in [1.165, 1.54) is 0 Å². The largest absolute Gasteiger partial charge is 0.368 e. The van der Waals surface area contributed by atoms with Gasteiger partial charge in [0.2, 0.25) is 17.8 Å². The van der Waals surface area contributed by atoms with Gasteiger partial charge in [0.15, 0.2) is 0 Å². The van der Waals surface area contributed by atoms with Crippen molar-refractivity contribution in [2.45, 2.75) is 56.7 Å². The van der Waals surface area contributed by atoms with Crippen LogP contribution in [0.4, 0.5) is 23.1 Å². The van der Waals surface area contributed by atoms with E-state index >= 15 is 0 Å². The molecule has 276 valence electrons. The highest BCUT2D eigenvalue weighted by Crippen LogP contribution is 2.35. The summed E-state index contributed by atoms with van der Waals surface area (Å²) in [4.78, 5) is 76.2. The first kappa shape index (κ1) is 34.4. The van der Waals surface area contributed by atoms with Crippen LogP contribution in [0, 0.1) is 0 Å². The van der Waals surface area contributed by atoms with Gasteiger partial charge in [-0.3, -0.25) is 29.4 Å². The number of hydrogen-bond acceptors (Lipinski definition) is 12. The Hall–Kier alpha value is -5.64. The van der Waals surface area contributed by atoms with Crippen molar-refractivity contribution in [2.24, 2.45) is 0 Å². The number of carbonyl (C=O) groups excluding carboxylic acids is 4. The van der Waals surface area contributed by atoms with Crippen molar-refractivity contribution in [2.75, 3.05) is 68.5 Å². The summed E-state index contributed by atoms with van der Waals surface area (Å²) in [6.45, 7) is 5.47. The molecule has 1 saturated carbocycles. The lowest BCUT2D eigenvalue weighted by atomic mass is 10.0. The number of amides is 4. The van der Waals surface area contributed by atoms with Gasteiger partial charge in [-0.15, -0.1) is 0 Å². The van der Waals surface area contributed by atoms with Crippen molar-refractivity contribution >= 4 is 57.8 Å². The van der Waals surface area contributed by atoms with E-state index in [-0.39, 0.29) is 36.4 Å². The Kier molecular flexibility index (Phi) is 9.37. The van der Waals surface area contributed by atoms with Crippen LogP contribution < -0.4 is 25.8 Å². The Bertz CT molecular complexity index is 2010. The quantitative estimate of drug-likeness (QED) is 0.216. The van der Waals surface area contributed by atoms with E-state index in [0.717, 1.165) is 87.4 Å². The molecule has 0 unspecified atom stereocenters. The van der Waals surface area contributed by atoms with Crippen molar-refractivity contribution in [3.05, 3.63) is 60.3 Å². The average Bonchev–Trinajstić information content (AvgIpc) is 3.81. The third-order valence-electron chi connectivity index (χ3n) is 10.8. The minimum atomic E-state index is -0.731. The van der Waals surface area contributed by atoms with Crippen LogP contribution in [0.25, 0.3) is 11.0 Å². The lowest BCUT2D eigenvalue weighted by molar-refractivity contribution is -0.134. The number of carbonyl (C=O) groups is 4. The maximum Gasteiger partial charge on any atom is 0.270 e. The van der Waals surface area contributed by atoms with Gasteiger partial charge >= 0.3 is 0 Å². The molecule has 0 radical (unpaired) electrons. The summed E-state index contributed by atoms with van der Waals surface area (Å²) in [5, 5.41) is 9.04. The van der Waals surface area contributed by atoms with Crippen molar-refractivity contribution in [1.29, 1.82) is 0 Å². The zero-order chi connectivity index (χ0) is 36.6. The van der Waals surface area contributed by atoms with Crippen molar-refractivity contribution < 1.29 is 19.2 Å². The van der Waals surface area contributed by atoms with E-state index in [4.69, 9.17) is 4.98 Å². The molecular weight excluding hydrogens is 676 g/mol. The highest BCUT2D eigenvalue weighted by molar-refractivity contribution is 6.03. The second kappa shape index (κ2) is 14.4. The fraction of sp³-hybridized carbons (Fsp3) is 0.459. The second-order valence-corrected chi connectivity index (χ2v) is 14.5. The Balaban J connectivity index is 0.824. The molecule has 8 rings (SSSR count). The third kappa shape index (κ3) is 7.10. The predicted octanol–water partition coefficient (Wildman–Crippen LogP) is 2.33. The summed E-state index contributed by atoms with van der Waals surface area (Å²) < 4.78 is 2.11. The van der Waals surface area contributed by atoms with Crippen LogP contribution in [0.2, 0.25) is 0 Å². The van der Waals surface area contributed by atoms with Gasteiger partial charge in [0, 0.05) is 83.5 Å². The summed E-state index contributed by atoms with van der Waals surface area (Å²) in [6, 6.07) is 9.45. The first-order chi connectivity index (χ1) is 25.7. The number of imide groups is 1. The molecule has 1 aliphatic carbocycles. The van der Waals surface area contributed by atoms with Gasteiger partial charge in [-0.2, -0.15) is 4.98 Å². The first-order valence-corrected chi connectivity index (χ1v) is 18.4. The van der Waals surface area contributed by atoms with E-state index in [1.807, 2.05) is 24.4 Å². The number of pyridine rings is 2. The van der Waals surface area contributed by atoms with E-state index in [2.05, 4.69) is 56.2 Å². The average molecular weight is 721 g/mol. The van der Waals surface area contributed by atoms with Gasteiger partial charge in [0.05, 0.1) is 23.8 Å². The lowest BCUT2D eigenvalue weighted by Crippen LogP contribution is -2.63. The number of aromatic nitrogens is 5. The number of piperidine rings is 1. The van der Waals surface area contributed by atoms with Crippen LogP contribution in [-0.2, 0) is 9.59 Å². The van der Waals surface area contributed by atoms with Gasteiger partial charge in [0.25, 0.3) is 11.8 Å². The van der Waals surface area contributed by atoms with Crippen LogP contribution in [0.5, 0.6) is 0 Å². The molecule has 4 aromatic rings. The van der Waals surface area contributed by atoms with Gasteiger partial charge in [-0.05, 0) is 49.6 Å². The molecule has 4 aliphatic rings. The minimum Gasteiger partial charge on any atom is -0.368 e. The Morgan fingerprint density at radius 1 is 0.849 bits per heavy atom. The SMILES string of the molecule is CN(C)C(=O)c1cc2cnc(Nc3ccc(N4CCN(C5CN(c6ccc(C(=O)N[C@@H]7CCC(=O)NC7=O)nc6)C5)CC4)cn3)nc2n1C1CCCC1. The number of nitrogens with zero attached hydrogens (tertiary/aromatic N) is 9. The van der Waals surface area contributed by atoms with E-state index in [1.54, 1.807) is 37.5 Å². The molecule has 3 aliphatic heterocycles. The number of piperazine rings is 1. The molecule has 1 atom stereocenters. The maximum atomic E-state index is 13.0. The molecule has 4 aromatic heterocycles. The first-order valence-electron chi connectivity index (χ1n) is 18.4. The van der Waals surface area contributed by atoms with Crippen molar-refractivity contribution in [3.63, 3.8) is 0 Å². The standard InChI is InChI=1S/C37H44N12O4/c1-45(2)36(53)30-17-23-18-40-37(44-33(23)49(30)24-5-3-4-6-24)42-31-11-8-25(20-39-31)46-13-15-47(16-14-46)27-21-48(22-27)26-7-9-28(38-19-26)34(51)41-29-10-12-32(50)43-35(29)52/h7-9,11,17-20,24,27,29H,3-6,10,12-16,21-22H2,1-2H3,(H,41,51)(H,43,50,52)(H,39,40,42,44)/t29-/m1/s1. The number of hydrogen-bond donors (Lipinski definition) is 3. The predicted molar refractivity (Wildman–Crippen MR) is 198 cm³/mol. The van der Waals surface area contributed by atoms with E-state index in [0.29, 0.717) is 23.5 Å². The van der Waals surface area contributed by atoms with E-state index in [9.17, 15) is 19.2 Å². The molecule has 0 spiro atoms. The summed E-state index contributed by atoms with van der Waals surface area (Å²) in [5.74, 6) is -0.168. The number of anilines is 4. The Morgan fingerprint density at radius 3 is 2.26 bits per heavy atom. The van der Waals surface area contributed by atoms with Crippen molar-refractivity contribution in [1.82, 2.24) is 44.9 Å². The van der Waals surface area contributed by atoms with Gasteiger partial charge in [-0.1, -0.05) is 12.8 Å². The number of fused-ring (bicyclic) bond motifs is 1. The molecule has 3 N–H and O–H groups in total. The molecule has 0 bridgehead atoms. The van der Waals surface area contributed by atoms with Crippen LogP contribution in [0.1, 0.15) is 65.5 Å². The van der Waals surface area contributed by atoms with Gasteiger partial charge < -0.3 is 29.9 Å². The lowest BCUT2D eigenvalue weighted by Gasteiger charge is -2.49. The maximum absolute atomic E-state index is 13.0.